The maximum absolute atomic E-state index is 6.21. The number of aryl methyl sites for hydroxylation is 1. The number of nitrogens with one attached hydrogen (secondary N) is 1. The Morgan fingerprint density at radius 2 is 1.95 bits per heavy atom. The van der Waals surface area contributed by atoms with E-state index in [1.807, 2.05) is 6.07 Å². The minimum Gasteiger partial charge on any atom is -0.380 e. The molecule has 0 amide bonds. The predicted octanol–water partition coefficient (Wildman–Crippen LogP) is 4.81. The summed E-state index contributed by atoms with van der Waals surface area (Å²) >= 11 is 6.21. The van der Waals surface area contributed by atoms with E-state index in [2.05, 4.69) is 17.2 Å². The van der Waals surface area contributed by atoms with E-state index in [1.165, 1.54) is 50.5 Å². The Morgan fingerprint density at radius 1 is 1.16 bits per heavy atom. The van der Waals surface area contributed by atoms with Crippen molar-refractivity contribution in [2.45, 2.75) is 57.9 Å². The maximum Gasteiger partial charge on any atom is 0.152 e. The van der Waals surface area contributed by atoms with Crippen LogP contribution >= 0.6 is 11.6 Å². The molecule has 1 N–H and O–H groups in total. The monoisotopic (exact) mass is 278 g/mol. The summed E-state index contributed by atoms with van der Waals surface area (Å²) in [6.07, 6.45) is 11.5. The molecule has 3 atom stereocenters. The molecular formula is C16H23ClN2. The van der Waals surface area contributed by atoms with Crippen molar-refractivity contribution in [3.8, 4) is 0 Å². The Labute approximate surface area is 121 Å². The Kier molecular flexibility index (Phi) is 3.97. The lowest BCUT2D eigenvalue weighted by molar-refractivity contribution is 0.162. The molecule has 2 saturated carbocycles. The molecule has 2 aliphatic rings. The number of hydrogen-bond donors (Lipinski definition) is 1. The van der Waals surface area contributed by atoms with Crippen LogP contribution in [0.3, 0.4) is 0 Å². The van der Waals surface area contributed by atoms with E-state index in [4.69, 9.17) is 11.6 Å². The molecule has 19 heavy (non-hydrogen) atoms. The first-order chi connectivity index (χ1) is 9.24. The number of halogens is 1. The number of pyridine rings is 1. The Bertz CT molecular complexity index is 426. The zero-order valence-electron chi connectivity index (χ0n) is 11.7. The second kappa shape index (κ2) is 5.70. The van der Waals surface area contributed by atoms with Gasteiger partial charge in [0.05, 0.1) is 5.69 Å². The quantitative estimate of drug-likeness (QED) is 0.785. The molecule has 0 bridgehead atoms. The van der Waals surface area contributed by atoms with Crippen molar-refractivity contribution in [2.75, 3.05) is 5.32 Å². The minimum atomic E-state index is 0.583. The highest BCUT2D eigenvalue weighted by Gasteiger charge is 2.32. The molecule has 2 aliphatic carbocycles. The lowest BCUT2D eigenvalue weighted by Crippen LogP contribution is -2.34. The molecule has 0 aromatic carbocycles. The number of nitrogens with zero attached hydrogens (tertiary/aromatic N) is 1. The van der Waals surface area contributed by atoms with Gasteiger partial charge in [-0.2, -0.15) is 0 Å². The van der Waals surface area contributed by atoms with Gasteiger partial charge in [-0.25, -0.2) is 4.98 Å². The van der Waals surface area contributed by atoms with Crippen LogP contribution in [-0.2, 0) is 0 Å². The van der Waals surface area contributed by atoms with Gasteiger partial charge in [0.2, 0.25) is 0 Å². The van der Waals surface area contributed by atoms with E-state index >= 15 is 0 Å². The van der Waals surface area contributed by atoms with E-state index in [0.29, 0.717) is 11.2 Å². The second-order valence-electron chi connectivity index (χ2n) is 6.25. The molecule has 2 fully saturated rings. The van der Waals surface area contributed by atoms with Crippen LogP contribution in [0.5, 0.6) is 0 Å². The minimum absolute atomic E-state index is 0.583. The molecular weight excluding hydrogens is 256 g/mol. The first-order valence-electron chi connectivity index (χ1n) is 7.61. The smallest absolute Gasteiger partial charge is 0.152 e. The summed E-state index contributed by atoms with van der Waals surface area (Å²) in [7, 11) is 0. The van der Waals surface area contributed by atoms with Crippen LogP contribution in [-0.4, -0.2) is 11.0 Å². The van der Waals surface area contributed by atoms with Crippen LogP contribution in [0.4, 0.5) is 5.69 Å². The molecule has 1 heterocycles. The van der Waals surface area contributed by atoms with Gasteiger partial charge in [-0.05, 0) is 49.7 Å². The Balaban J connectivity index is 1.67. The molecule has 1 aromatic heterocycles. The number of fused-ring (bicyclic) bond motifs is 1. The van der Waals surface area contributed by atoms with Gasteiger partial charge in [-0.15, -0.1) is 0 Å². The maximum atomic E-state index is 6.21. The highest BCUT2D eigenvalue weighted by atomic mass is 35.5. The fraction of sp³-hybridized carbons (Fsp3) is 0.688. The van der Waals surface area contributed by atoms with Crippen LogP contribution in [0, 0.1) is 18.8 Å². The van der Waals surface area contributed by atoms with Gasteiger partial charge < -0.3 is 5.32 Å². The summed E-state index contributed by atoms with van der Waals surface area (Å²) in [5.41, 5.74) is 2.24. The average molecular weight is 279 g/mol. The van der Waals surface area contributed by atoms with Gasteiger partial charge in [-0.1, -0.05) is 37.3 Å². The van der Waals surface area contributed by atoms with Crippen molar-refractivity contribution in [3.63, 3.8) is 0 Å². The average Bonchev–Trinajstić information content (AvgIpc) is 2.43. The third kappa shape index (κ3) is 2.89. The SMILES string of the molecule is Cc1ccnc(Cl)c1NC1CCC2CCCCC2C1. The van der Waals surface area contributed by atoms with Gasteiger partial charge >= 0.3 is 0 Å². The van der Waals surface area contributed by atoms with E-state index < -0.39 is 0 Å². The summed E-state index contributed by atoms with van der Waals surface area (Å²) in [6.45, 7) is 2.10. The van der Waals surface area contributed by atoms with Crippen molar-refractivity contribution in [3.05, 3.63) is 23.0 Å². The topological polar surface area (TPSA) is 24.9 Å². The lowest BCUT2D eigenvalue weighted by Gasteiger charge is -2.40. The largest absolute Gasteiger partial charge is 0.380 e. The molecule has 3 unspecified atom stereocenters. The van der Waals surface area contributed by atoms with Gasteiger partial charge in [0.15, 0.2) is 5.15 Å². The zero-order valence-corrected chi connectivity index (χ0v) is 12.4. The van der Waals surface area contributed by atoms with Crippen LogP contribution in [0.2, 0.25) is 5.15 Å². The second-order valence-corrected chi connectivity index (χ2v) is 6.61. The summed E-state index contributed by atoms with van der Waals surface area (Å²) in [5.74, 6) is 1.94. The van der Waals surface area contributed by atoms with Gasteiger partial charge in [0.1, 0.15) is 0 Å². The summed E-state index contributed by atoms with van der Waals surface area (Å²) < 4.78 is 0. The summed E-state index contributed by atoms with van der Waals surface area (Å²) in [5, 5.41) is 4.27. The number of hydrogen-bond acceptors (Lipinski definition) is 2. The number of anilines is 1. The molecule has 104 valence electrons. The zero-order chi connectivity index (χ0) is 13.2. The van der Waals surface area contributed by atoms with Crippen molar-refractivity contribution in [1.82, 2.24) is 4.98 Å². The van der Waals surface area contributed by atoms with Gasteiger partial charge in [0, 0.05) is 12.2 Å². The summed E-state index contributed by atoms with van der Waals surface area (Å²) in [4.78, 5) is 4.19. The fourth-order valence-electron chi connectivity index (χ4n) is 3.91. The van der Waals surface area contributed by atoms with Crippen molar-refractivity contribution in [2.24, 2.45) is 11.8 Å². The Hall–Kier alpha value is -0.760. The van der Waals surface area contributed by atoms with E-state index in [9.17, 15) is 0 Å². The van der Waals surface area contributed by atoms with Gasteiger partial charge in [0.25, 0.3) is 0 Å². The molecule has 1 aromatic rings. The van der Waals surface area contributed by atoms with Crippen LogP contribution in [0.1, 0.15) is 50.5 Å². The molecule has 0 spiro atoms. The highest BCUT2D eigenvalue weighted by molar-refractivity contribution is 6.32. The Morgan fingerprint density at radius 3 is 2.74 bits per heavy atom. The number of aromatic nitrogens is 1. The van der Waals surface area contributed by atoms with Crippen LogP contribution in [0.25, 0.3) is 0 Å². The molecule has 0 aliphatic heterocycles. The normalized spacial score (nSPS) is 30.7. The first kappa shape index (κ1) is 13.2. The fourth-order valence-corrected chi connectivity index (χ4v) is 4.17. The van der Waals surface area contributed by atoms with E-state index in [-0.39, 0.29) is 0 Å². The molecule has 3 heteroatoms. The van der Waals surface area contributed by atoms with E-state index in [1.54, 1.807) is 6.20 Å². The molecule has 3 rings (SSSR count). The molecule has 0 radical (unpaired) electrons. The van der Waals surface area contributed by atoms with Gasteiger partial charge in [-0.3, -0.25) is 0 Å². The first-order valence-corrected chi connectivity index (χ1v) is 7.99. The third-order valence-electron chi connectivity index (χ3n) is 5.00. The standard InChI is InChI=1S/C16H23ClN2/c1-11-8-9-18-16(17)15(11)19-14-7-6-12-4-2-3-5-13(12)10-14/h8-9,12-14,19H,2-7,10H2,1H3. The van der Waals surface area contributed by atoms with Crippen LogP contribution < -0.4 is 5.32 Å². The lowest BCUT2D eigenvalue weighted by atomic mass is 9.69. The van der Waals surface area contributed by atoms with Crippen LogP contribution in [0.15, 0.2) is 12.3 Å². The van der Waals surface area contributed by atoms with E-state index in [0.717, 1.165) is 17.5 Å². The highest BCUT2D eigenvalue weighted by Crippen LogP contribution is 2.41. The summed E-state index contributed by atoms with van der Waals surface area (Å²) in [6, 6.07) is 2.61. The predicted molar refractivity (Wildman–Crippen MR) is 80.7 cm³/mol. The molecule has 2 nitrogen and oxygen atoms in total. The van der Waals surface area contributed by atoms with Crippen molar-refractivity contribution >= 4 is 17.3 Å². The number of rotatable bonds is 2. The third-order valence-corrected chi connectivity index (χ3v) is 5.29. The molecule has 0 saturated heterocycles. The van der Waals surface area contributed by atoms with Crippen molar-refractivity contribution < 1.29 is 0 Å². The van der Waals surface area contributed by atoms with Crippen molar-refractivity contribution in [1.29, 1.82) is 0 Å².